The van der Waals surface area contributed by atoms with Gasteiger partial charge in [-0.1, -0.05) is 61.5 Å². The zero-order valence-corrected chi connectivity index (χ0v) is 19.3. The summed E-state index contributed by atoms with van der Waals surface area (Å²) >= 11 is 5.09. The van der Waals surface area contributed by atoms with Gasteiger partial charge in [-0.15, -0.1) is 0 Å². The maximum atomic E-state index is 11.4. The summed E-state index contributed by atoms with van der Waals surface area (Å²) < 4.78 is 6.89. The average molecular weight is 471 g/mol. The van der Waals surface area contributed by atoms with E-state index in [9.17, 15) is 9.90 Å². The summed E-state index contributed by atoms with van der Waals surface area (Å²) in [6.45, 7) is 2.72. The smallest absolute Gasteiger partial charge is 0.460 e. The minimum Gasteiger partial charge on any atom is -0.498 e. The SMILES string of the molecule is CCCc1nc2cccc(C(O)=S)c2n1Cc1ccc(-c2ccccc2-c2nc(=O)o[nH]2)cc1. The topological polar surface area (TPSA) is 96.9 Å². The van der Waals surface area contributed by atoms with Gasteiger partial charge in [0, 0.05) is 18.5 Å². The van der Waals surface area contributed by atoms with E-state index in [2.05, 4.69) is 33.8 Å². The van der Waals surface area contributed by atoms with Crippen molar-refractivity contribution in [3.8, 4) is 22.5 Å². The monoisotopic (exact) mass is 470 g/mol. The molecule has 0 aliphatic rings. The maximum Gasteiger partial charge on any atom is 0.460 e. The van der Waals surface area contributed by atoms with Crippen LogP contribution < -0.4 is 5.76 Å². The van der Waals surface area contributed by atoms with E-state index >= 15 is 0 Å². The summed E-state index contributed by atoms with van der Waals surface area (Å²) in [5, 5.41) is 12.5. The number of nitrogens with zero attached hydrogens (tertiary/aromatic N) is 3. The molecule has 170 valence electrons. The van der Waals surface area contributed by atoms with Crippen LogP contribution in [-0.4, -0.2) is 29.8 Å². The zero-order chi connectivity index (χ0) is 23.7. The number of aliphatic hydroxyl groups excluding tert-OH is 1. The molecule has 2 aromatic heterocycles. The van der Waals surface area contributed by atoms with Gasteiger partial charge in [0.15, 0.2) is 10.9 Å². The molecule has 34 heavy (non-hydrogen) atoms. The molecule has 0 saturated carbocycles. The second-order valence-electron chi connectivity index (χ2n) is 8.02. The number of H-pyrrole nitrogens is 1. The highest BCUT2D eigenvalue weighted by Crippen LogP contribution is 2.30. The largest absolute Gasteiger partial charge is 0.498 e. The molecule has 0 aliphatic heterocycles. The van der Waals surface area contributed by atoms with E-state index in [-0.39, 0.29) is 5.05 Å². The van der Waals surface area contributed by atoms with Crippen LogP contribution >= 0.6 is 12.2 Å². The van der Waals surface area contributed by atoms with Crippen LogP contribution in [0, 0.1) is 0 Å². The van der Waals surface area contributed by atoms with Crippen molar-refractivity contribution in [1.29, 1.82) is 0 Å². The third-order valence-corrected chi connectivity index (χ3v) is 6.00. The molecule has 0 fully saturated rings. The summed E-state index contributed by atoms with van der Waals surface area (Å²) in [5.41, 5.74) is 6.09. The van der Waals surface area contributed by atoms with Crippen molar-refractivity contribution < 1.29 is 9.63 Å². The molecular formula is C26H22N4O3S. The molecule has 2 heterocycles. The maximum absolute atomic E-state index is 11.4. The quantitative estimate of drug-likeness (QED) is 0.314. The van der Waals surface area contributed by atoms with Gasteiger partial charge >= 0.3 is 5.76 Å². The number of aromatic nitrogens is 4. The van der Waals surface area contributed by atoms with Gasteiger partial charge in [0.05, 0.1) is 16.6 Å². The first-order valence-electron chi connectivity index (χ1n) is 11.0. The highest BCUT2D eigenvalue weighted by atomic mass is 32.1. The molecule has 2 N–H and O–H groups in total. The van der Waals surface area contributed by atoms with Crippen molar-refractivity contribution in [1.82, 2.24) is 19.7 Å². The fourth-order valence-electron chi connectivity index (χ4n) is 4.25. The van der Waals surface area contributed by atoms with E-state index < -0.39 is 5.76 Å². The predicted octanol–water partition coefficient (Wildman–Crippen LogP) is 5.28. The van der Waals surface area contributed by atoms with E-state index in [0.29, 0.717) is 17.9 Å². The van der Waals surface area contributed by atoms with Crippen LogP contribution in [0.3, 0.4) is 0 Å². The summed E-state index contributed by atoms with van der Waals surface area (Å²) in [6.07, 6.45) is 1.79. The van der Waals surface area contributed by atoms with Gasteiger partial charge in [0.25, 0.3) is 0 Å². The number of imidazole rings is 1. The normalized spacial score (nSPS) is 11.2. The van der Waals surface area contributed by atoms with Crippen molar-refractivity contribution in [3.05, 3.63) is 94.2 Å². The molecule has 0 bridgehead atoms. The Kier molecular flexibility index (Phi) is 5.81. The van der Waals surface area contributed by atoms with Gasteiger partial charge in [0.1, 0.15) is 5.82 Å². The van der Waals surface area contributed by atoms with Crippen LogP contribution in [0.4, 0.5) is 0 Å². The lowest BCUT2D eigenvalue weighted by atomic mass is 9.98. The van der Waals surface area contributed by atoms with Gasteiger partial charge in [-0.05, 0) is 47.5 Å². The first-order chi connectivity index (χ1) is 16.5. The summed E-state index contributed by atoms with van der Waals surface area (Å²) in [4.78, 5) is 20.1. The molecule has 0 saturated heterocycles. The van der Waals surface area contributed by atoms with E-state index in [4.69, 9.17) is 21.7 Å². The number of nitrogens with one attached hydrogen (secondary N) is 1. The Morgan fingerprint density at radius 1 is 1.03 bits per heavy atom. The van der Waals surface area contributed by atoms with Crippen molar-refractivity contribution in [2.75, 3.05) is 0 Å². The first kappa shape index (κ1) is 21.8. The number of aromatic amines is 1. The Bertz CT molecular complexity index is 1550. The second kappa shape index (κ2) is 9.07. The number of hydrogen-bond donors (Lipinski definition) is 2. The lowest BCUT2D eigenvalue weighted by molar-refractivity contribution is 0.388. The van der Waals surface area contributed by atoms with Crippen LogP contribution in [0.1, 0.15) is 30.3 Å². The Labute approximate surface area is 200 Å². The number of aliphatic hydroxyl groups is 1. The van der Waals surface area contributed by atoms with Gasteiger partial charge in [-0.3, -0.25) is 0 Å². The van der Waals surface area contributed by atoms with Crippen LogP contribution in [0.15, 0.2) is 76.0 Å². The number of hydrogen-bond acceptors (Lipinski definition) is 5. The Morgan fingerprint density at radius 2 is 1.79 bits per heavy atom. The van der Waals surface area contributed by atoms with Crippen molar-refractivity contribution >= 4 is 28.3 Å². The fourth-order valence-corrected chi connectivity index (χ4v) is 4.41. The molecule has 0 aliphatic carbocycles. The zero-order valence-electron chi connectivity index (χ0n) is 18.5. The molecule has 0 spiro atoms. The number of fused-ring (bicyclic) bond motifs is 1. The molecule has 8 heteroatoms. The number of aryl methyl sites for hydroxylation is 1. The van der Waals surface area contributed by atoms with E-state index in [0.717, 1.165) is 52.0 Å². The van der Waals surface area contributed by atoms with E-state index in [1.807, 2.05) is 54.6 Å². The number of rotatable bonds is 7. The highest BCUT2D eigenvalue weighted by Gasteiger charge is 2.16. The molecule has 7 nitrogen and oxygen atoms in total. The molecule has 0 amide bonds. The Hall–Kier alpha value is -4.04. The van der Waals surface area contributed by atoms with Gasteiger partial charge in [0.2, 0.25) is 0 Å². The average Bonchev–Trinajstić information content (AvgIpc) is 3.43. The lowest BCUT2D eigenvalue weighted by Gasteiger charge is -2.12. The van der Waals surface area contributed by atoms with Crippen LogP contribution in [0.25, 0.3) is 33.5 Å². The van der Waals surface area contributed by atoms with Gasteiger partial charge in [-0.2, -0.15) is 10.1 Å². The lowest BCUT2D eigenvalue weighted by Crippen LogP contribution is -2.08. The number of benzene rings is 3. The standard InChI is InChI=1S/C26H22N4O3S/c1-2-6-22-27-21-10-5-9-20(25(31)34)23(21)30(22)15-16-11-13-17(14-12-16)18-7-3-4-8-19(18)24-28-26(32)33-29-24/h3-5,7-14H,2,6,15H2,1H3,(H,31,34)(H,28,29,32). The first-order valence-corrected chi connectivity index (χ1v) is 11.4. The van der Waals surface area contributed by atoms with Crippen molar-refractivity contribution in [2.45, 2.75) is 26.3 Å². The van der Waals surface area contributed by atoms with E-state index in [1.165, 1.54) is 0 Å². The third-order valence-electron chi connectivity index (χ3n) is 5.78. The van der Waals surface area contributed by atoms with Gasteiger partial charge < -0.3 is 14.2 Å². The third kappa shape index (κ3) is 4.04. The molecule has 5 rings (SSSR count). The number of thiocarbonyl (C=S) groups is 1. The second-order valence-corrected chi connectivity index (χ2v) is 8.40. The minimum atomic E-state index is -0.655. The van der Waals surface area contributed by atoms with E-state index in [1.54, 1.807) is 0 Å². The van der Waals surface area contributed by atoms with Crippen molar-refractivity contribution in [2.24, 2.45) is 0 Å². The Balaban J connectivity index is 1.53. The van der Waals surface area contributed by atoms with Gasteiger partial charge in [-0.25, -0.2) is 9.78 Å². The number of para-hydroxylation sites is 1. The molecule has 0 atom stereocenters. The molecule has 0 radical (unpaired) electrons. The minimum absolute atomic E-state index is 0.132. The Morgan fingerprint density at radius 3 is 2.47 bits per heavy atom. The molecule has 3 aromatic carbocycles. The highest BCUT2D eigenvalue weighted by molar-refractivity contribution is 7.80. The molecule has 0 unspecified atom stereocenters. The molecular weight excluding hydrogens is 448 g/mol. The van der Waals surface area contributed by atoms with Crippen LogP contribution in [-0.2, 0) is 13.0 Å². The fraction of sp³-hybridized carbons (Fsp3) is 0.154. The van der Waals surface area contributed by atoms with Crippen molar-refractivity contribution in [3.63, 3.8) is 0 Å². The summed E-state index contributed by atoms with van der Waals surface area (Å²) in [6, 6.07) is 21.6. The molecule has 5 aromatic rings. The van der Waals surface area contributed by atoms with Crippen LogP contribution in [0.2, 0.25) is 0 Å². The predicted molar refractivity (Wildman–Crippen MR) is 135 cm³/mol. The summed E-state index contributed by atoms with van der Waals surface area (Å²) in [5.74, 6) is 0.703. The van der Waals surface area contributed by atoms with Crippen LogP contribution in [0.5, 0.6) is 0 Å². The summed E-state index contributed by atoms with van der Waals surface area (Å²) in [7, 11) is 0.